The summed E-state index contributed by atoms with van der Waals surface area (Å²) in [6.07, 6.45) is 1.20. The number of aromatic nitrogens is 1. The minimum absolute atomic E-state index is 0.189. The molecule has 0 radical (unpaired) electrons. The molecule has 0 aliphatic carbocycles. The summed E-state index contributed by atoms with van der Waals surface area (Å²) in [5.74, 6) is -0.189. The van der Waals surface area contributed by atoms with Gasteiger partial charge >= 0.3 is 0 Å². The van der Waals surface area contributed by atoms with Crippen LogP contribution in [0.25, 0.3) is 10.9 Å². The second-order valence-electron chi connectivity index (χ2n) is 4.58. The first-order valence-electron chi connectivity index (χ1n) is 6.41. The predicted molar refractivity (Wildman–Crippen MR) is 78.0 cm³/mol. The third-order valence-electron chi connectivity index (χ3n) is 3.15. The number of pyridine rings is 1. The lowest BCUT2D eigenvalue weighted by molar-refractivity contribution is -0.128. The fourth-order valence-corrected chi connectivity index (χ4v) is 2.42. The standard InChI is InChI=1S/C14H14ClN3O2/c15-10-6-9-2-1-3-17-13(9)11(7-10)18-14(19)12-8-16-4-5-20-12/h1-3,6-7,12,16H,4-5,8H2,(H,18,19). The van der Waals surface area contributed by atoms with Crippen molar-refractivity contribution >= 4 is 34.1 Å². The Balaban J connectivity index is 1.88. The van der Waals surface area contributed by atoms with E-state index in [1.165, 1.54) is 0 Å². The largest absolute Gasteiger partial charge is 0.366 e. The predicted octanol–water partition coefficient (Wildman–Crippen LogP) is 1.82. The number of carbonyl (C=O) groups excluding carboxylic acids is 1. The van der Waals surface area contributed by atoms with Gasteiger partial charge in [0.1, 0.15) is 6.10 Å². The van der Waals surface area contributed by atoms with Gasteiger partial charge in [0.05, 0.1) is 17.8 Å². The molecule has 1 amide bonds. The number of halogens is 1. The number of anilines is 1. The van der Waals surface area contributed by atoms with Gasteiger partial charge in [0.25, 0.3) is 5.91 Å². The quantitative estimate of drug-likeness (QED) is 0.886. The molecular formula is C14H14ClN3O2. The molecule has 1 atom stereocenters. The van der Waals surface area contributed by atoms with E-state index < -0.39 is 6.10 Å². The van der Waals surface area contributed by atoms with Gasteiger partial charge in [-0.25, -0.2) is 0 Å². The highest BCUT2D eigenvalue weighted by molar-refractivity contribution is 6.32. The highest BCUT2D eigenvalue weighted by Crippen LogP contribution is 2.26. The van der Waals surface area contributed by atoms with Crippen LogP contribution in [-0.4, -0.2) is 36.7 Å². The van der Waals surface area contributed by atoms with Crippen LogP contribution in [0, 0.1) is 0 Å². The molecule has 1 saturated heterocycles. The van der Waals surface area contributed by atoms with E-state index >= 15 is 0 Å². The highest BCUT2D eigenvalue weighted by atomic mass is 35.5. The number of carbonyl (C=O) groups is 1. The number of nitrogens with one attached hydrogen (secondary N) is 2. The maximum atomic E-state index is 12.2. The molecule has 0 bridgehead atoms. The lowest BCUT2D eigenvalue weighted by Crippen LogP contribution is -2.45. The monoisotopic (exact) mass is 291 g/mol. The molecule has 2 aromatic rings. The maximum Gasteiger partial charge on any atom is 0.254 e. The molecule has 1 aromatic heterocycles. The van der Waals surface area contributed by atoms with Crippen LogP contribution in [0.3, 0.4) is 0 Å². The zero-order chi connectivity index (χ0) is 13.9. The average Bonchev–Trinajstić information content (AvgIpc) is 2.48. The normalized spacial score (nSPS) is 18.9. The minimum Gasteiger partial charge on any atom is -0.366 e. The van der Waals surface area contributed by atoms with Gasteiger partial charge in [0.15, 0.2) is 0 Å². The van der Waals surface area contributed by atoms with Gasteiger partial charge in [-0.15, -0.1) is 0 Å². The van der Waals surface area contributed by atoms with Crippen molar-refractivity contribution in [1.82, 2.24) is 10.3 Å². The molecule has 1 aromatic carbocycles. The van der Waals surface area contributed by atoms with Crippen molar-refractivity contribution in [1.29, 1.82) is 0 Å². The van der Waals surface area contributed by atoms with Crippen molar-refractivity contribution < 1.29 is 9.53 Å². The molecular weight excluding hydrogens is 278 g/mol. The Morgan fingerprint density at radius 1 is 1.50 bits per heavy atom. The van der Waals surface area contributed by atoms with Crippen LogP contribution in [0.1, 0.15) is 0 Å². The van der Waals surface area contributed by atoms with Gasteiger partial charge in [-0.1, -0.05) is 17.7 Å². The first-order chi connectivity index (χ1) is 9.74. The topological polar surface area (TPSA) is 63.2 Å². The molecule has 6 heteroatoms. The van der Waals surface area contributed by atoms with Gasteiger partial charge in [-0.3, -0.25) is 9.78 Å². The van der Waals surface area contributed by atoms with Gasteiger partial charge in [-0.2, -0.15) is 0 Å². The van der Waals surface area contributed by atoms with Crippen LogP contribution in [0.5, 0.6) is 0 Å². The number of amides is 1. The second kappa shape index (κ2) is 5.75. The molecule has 5 nitrogen and oxygen atoms in total. The van der Waals surface area contributed by atoms with E-state index in [4.69, 9.17) is 16.3 Å². The summed E-state index contributed by atoms with van der Waals surface area (Å²) < 4.78 is 5.43. The molecule has 2 heterocycles. The van der Waals surface area contributed by atoms with Gasteiger partial charge < -0.3 is 15.4 Å². The van der Waals surface area contributed by atoms with Gasteiger partial charge in [0, 0.05) is 29.7 Å². The Kier molecular flexibility index (Phi) is 3.82. The third-order valence-corrected chi connectivity index (χ3v) is 3.37. The van der Waals surface area contributed by atoms with Crippen molar-refractivity contribution in [2.24, 2.45) is 0 Å². The van der Waals surface area contributed by atoms with Crippen LogP contribution in [0.4, 0.5) is 5.69 Å². The molecule has 20 heavy (non-hydrogen) atoms. The van der Waals surface area contributed by atoms with E-state index in [-0.39, 0.29) is 5.91 Å². The van der Waals surface area contributed by atoms with Crippen LogP contribution >= 0.6 is 11.6 Å². The number of morpholine rings is 1. The first kappa shape index (κ1) is 13.3. The fourth-order valence-electron chi connectivity index (χ4n) is 2.20. The Morgan fingerprint density at radius 2 is 2.40 bits per heavy atom. The minimum atomic E-state index is -0.485. The van der Waals surface area contributed by atoms with Crippen molar-refractivity contribution in [2.75, 3.05) is 25.0 Å². The van der Waals surface area contributed by atoms with E-state index in [0.29, 0.717) is 29.4 Å². The zero-order valence-electron chi connectivity index (χ0n) is 10.7. The maximum absolute atomic E-state index is 12.2. The number of nitrogens with zero attached hydrogens (tertiary/aromatic N) is 1. The van der Waals surface area contributed by atoms with E-state index in [9.17, 15) is 4.79 Å². The first-order valence-corrected chi connectivity index (χ1v) is 6.79. The van der Waals surface area contributed by atoms with Gasteiger partial charge in [-0.05, 0) is 18.2 Å². The molecule has 1 aliphatic rings. The van der Waals surface area contributed by atoms with Crippen molar-refractivity contribution in [3.05, 3.63) is 35.5 Å². The Morgan fingerprint density at radius 3 is 3.20 bits per heavy atom. The Bertz CT molecular complexity index is 641. The number of fused-ring (bicyclic) bond motifs is 1. The van der Waals surface area contributed by atoms with Crippen molar-refractivity contribution in [3.63, 3.8) is 0 Å². The smallest absolute Gasteiger partial charge is 0.254 e. The fraction of sp³-hybridized carbons (Fsp3) is 0.286. The molecule has 0 saturated carbocycles. The van der Waals surface area contributed by atoms with Crippen LogP contribution in [0.15, 0.2) is 30.5 Å². The summed E-state index contributed by atoms with van der Waals surface area (Å²) in [4.78, 5) is 16.5. The van der Waals surface area contributed by atoms with Crippen LogP contribution in [0.2, 0.25) is 5.02 Å². The molecule has 3 rings (SSSR count). The summed E-state index contributed by atoms with van der Waals surface area (Å²) in [6.45, 7) is 1.82. The molecule has 2 N–H and O–H groups in total. The number of rotatable bonds is 2. The molecule has 0 spiro atoms. The molecule has 104 valence electrons. The molecule has 1 unspecified atom stereocenters. The lowest BCUT2D eigenvalue weighted by atomic mass is 10.2. The number of ether oxygens (including phenoxy) is 1. The number of hydrogen-bond acceptors (Lipinski definition) is 4. The average molecular weight is 292 g/mol. The van der Waals surface area contributed by atoms with E-state index in [2.05, 4.69) is 15.6 Å². The number of benzene rings is 1. The third kappa shape index (κ3) is 2.75. The zero-order valence-corrected chi connectivity index (χ0v) is 11.5. The van der Waals surface area contributed by atoms with Crippen LogP contribution < -0.4 is 10.6 Å². The Hall–Kier alpha value is -1.69. The molecule has 1 aliphatic heterocycles. The summed E-state index contributed by atoms with van der Waals surface area (Å²) in [7, 11) is 0. The summed E-state index contributed by atoms with van der Waals surface area (Å²) in [5, 5.41) is 7.41. The lowest BCUT2D eigenvalue weighted by Gasteiger charge is -2.23. The SMILES string of the molecule is O=C(Nc1cc(Cl)cc2cccnc12)C1CNCCO1. The van der Waals surface area contributed by atoms with E-state index in [1.54, 1.807) is 12.3 Å². The molecule has 1 fully saturated rings. The van der Waals surface area contributed by atoms with Crippen molar-refractivity contribution in [3.8, 4) is 0 Å². The van der Waals surface area contributed by atoms with E-state index in [0.717, 1.165) is 11.9 Å². The second-order valence-corrected chi connectivity index (χ2v) is 5.02. The van der Waals surface area contributed by atoms with Crippen molar-refractivity contribution in [2.45, 2.75) is 6.10 Å². The number of hydrogen-bond donors (Lipinski definition) is 2. The summed E-state index contributed by atoms with van der Waals surface area (Å²) in [5.41, 5.74) is 1.32. The highest BCUT2D eigenvalue weighted by Gasteiger charge is 2.22. The van der Waals surface area contributed by atoms with E-state index in [1.807, 2.05) is 18.2 Å². The van der Waals surface area contributed by atoms with Gasteiger partial charge in [0.2, 0.25) is 0 Å². The van der Waals surface area contributed by atoms with Crippen LogP contribution in [-0.2, 0) is 9.53 Å². The summed E-state index contributed by atoms with van der Waals surface area (Å²) >= 11 is 6.07. The Labute approximate surface area is 121 Å². The summed E-state index contributed by atoms with van der Waals surface area (Å²) in [6, 6.07) is 7.25.